The third-order valence-corrected chi connectivity index (χ3v) is 2.15. The zero-order chi connectivity index (χ0) is 10.1. The SMILES string of the molecule is O=[N+]([O-])c1cnc2ncccc2c1Cl. The molecular formula is C8H4ClN3O2. The van der Waals surface area contributed by atoms with Crippen LogP contribution in [0.4, 0.5) is 5.69 Å². The topological polar surface area (TPSA) is 68.9 Å². The molecule has 0 N–H and O–H groups in total. The Hall–Kier alpha value is -1.75. The summed E-state index contributed by atoms with van der Waals surface area (Å²) >= 11 is 5.81. The summed E-state index contributed by atoms with van der Waals surface area (Å²) in [6.45, 7) is 0. The normalized spacial score (nSPS) is 10.4. The van der Waals surface area contributed by atoms with Gasteiger partial charge in [0.15, 0.2) is 5.65 Å². The van der Waals surface area contributed by atoms with Gasteiger partial charge in [-0.3, -0.25) is 10.1 Å². The molecule has 0 fully saturated rings. The van der Waals surface area contributed by atoms with Crippen LogP contribution in [0.2, 0.25) is 5.02 Å². The molecule has 0 aromatic carbocycles. The summed E-state index contributed by atoms with van der Waals surface area (Å²) in [4.78, 5) is 17.7. The average molecular weight is 210 g/mol. The minimum absolute atomic E-state index is 0.0769. The van der Waals surface area contributed by atoms with Crippen LogP contribution in [0.3, 0.4) is 0 Å². The highest BCUT2D eigenvalue weighted by atomic mass is 35.5. The van der Waals surface area contributed by atoms with Crippen molar-refractivity contribution in [2.45, 2.75) is 0 Å². The molecule has 0 saturated carbocycles. The van der Waals surface area contributed by atoms with Crippen molar-refractivity contribution in [1.29, 1.82) is 0 Å². The van der Waals surface area contributed by atoms with Crippen LogP contribution in [0.5, 0.6) is 0 Å². The van der Waals surface area contributed by atoms with Crippen molar-refractivity contribution >= 4 is 28.3 Å². The summed E-state index contributed by atoms with van der Waals surface area (Å²) in [5.41, 5.74) is 0.204. The first-order valence-corrected chi connectivity index (χ1v) is 4.11. The minimum Gasteiger partial charge on any atom is -0.258 e. The Kier molecular flexibility index (Phi) is 2.01. The molecule has 0 spiro atoms. The van der Waals surface area contributed by atoms with Crippen LogP contribution >= 0.6 is 11.6 Å². The quantitative estimate of drug-likeness (QED) is 0.533. The molecule has 14 heavy (non-hydrogen) atoms. The number of nitro groups is 1. The first kappa shape index (κ1) is 8.83. The molecule has 0 unspecified atom stereocenters. The van der Waals surface area contributed by atoms with Crippen LogP contribution in [0.15, 0.2) is 24.5 Å². The fraction of sp³-hybridized carbons (Fsp3) is 0. The highest BCUT2D eigenvalue weighted by molar-refractivity contribution is 6.37. The molecule has 0 aliphatic heterocycles. The van der Waals surface area contributed by atoms with Crippen LogP contribution in [0.1, 0.15) is 0 Å². The van der Waals surface area contributed by atoms with E-state index in [-0.39, 0.29) is 10.7 Å². The molecule has 0 radical (unpaired) electrons. The van der Waals surface area contributed by atoms with Crippen LogP contribution in [-0.2, 0) is 0 Å². The van der Waals surface area contributed by atoms with Crippen LogP contribution < -0.4 is 0 Å². The second-order valence-electron chi connectivity index (χ2n) is 2.59. The Balaban J connectivity index is 2.81. The van der Waals surface area contributed by atoms with Gasteiger partial charge in [0.25, 0.3) is 0 Å². The molecule has 5 nitrogen and oxygen atoms in total. The molecule has 0 bridgehead atoms. The molecule has 0 aliphatic rings. The Bertz CT molecular complexity index is 515. The predicted octanol–water partition coefficient (Wildman–Crippen LogP) is 2.19. The van der Waals surface area contributed by atoms with Crippen molar-refractivity contribution in [2.24, 2.45) is 0 Å². The second-order valence-corrected chi connectivity index (χ2v) is 2.97. The van der Waals surface area contributed by atoms with E-state index in [0.717, 1.165) is 6.20 Å². The molecule has 0 aliphatic carbocycles. The van der Waals surface area contributed by atoms with Crippen molar-refractivity contribution in [1.82, 2.24) is 9.97 Å². The van der Waals surface area contributed by atoms with Gasteiger partial charge in [0.2, 0.25) is 0 Å². The molecule has 0 saturated heterocycles. The van der Waals surface area contributed by atoms with Gasteiger partial charge in [-0.1, -0.05) is 11.6 Å². The zero-order valence-corrected chi connectivity index (χ0v) is 7.60. The Morgan fingerprint density at radius 1 is 1.43 bits per heavy atom. The highest BCUT2D eigenvalue weighted by Gasteiger charge is 2.15. The molecule has 0 atom stereocenters. The Morgan fingerprint density at radius 3 is 2.93 bits per heavy atom. The Morgan fingerprint density at radius 2 is 2.21 bits per heavy atom. The van der Waals surface area contributed by atoms with Crippen LogP contribution in [-0.4, -0.2) is 14.9 Å². The van der Waals surface area contributed by atoms with Gasteiger partial charge < -0.3 is 0 Å². The lowest BCUT2D eigenvalue weighted by atomic mass is 10.3. The lowest BCUT2D eigenvalue weighted by Crippen LogP contribution is -1.92. The van der Waals surface area contributed by atoms with Gasteiger partial charge in [-0.05, 0) is 12.1 Å². The van der Waals surface area contributed by atoms with E-state index in [4.69, 9.17) is 11.6 Å². The van der Waals surface area contributed by atoms with E-state index in [1.807, 2.05) is 0 Å². The summed E-state index contributed by atoms with van der Waals surface area (Å²) < 4.78 is 0. The first-order chi connectivity index (χ1) is 6.70. The van der Waals surface area contributed by atoms with Gasteiger partial charge >= 0.3 is 5.69 Å². The van der Waals surface area contributed by atoms with E-state index < -0.39 is 4.92 Å². The molecule has 0 amide bonds. The summed E-state index contributed by atoms with van der Waals surface area (Å²) in [5, 5.41) is 11.1. The summed E-state index contributed by atoms with van der Waals surface area (Å²) in [7, 11) is 0. The maximum atomic E-state index is 10.5. The number of rotatable bonds is 1. The second kappa shape index (κ2) is 3.19. The van der Waals surface area contributed by atoms with Gasteiger partial charge in [-0.15, -0.1) is 0 Å². The van der Waals surface area contributed by atoms with E-state index in [9.17, 15) is 10.1 Å². The number of nitrogens with zero attached hydrogens (tertiary/aromatic N) is 3. The van der Waals surface area contributed by atoms with Gasteiger partial charge in [0.05, 0.1) is 4.92 Å². The third-order valence-electron chi connectivity index (χ3n) is 1.75. The van der Waals surface area contributed by atoms with Crippen molar-refractivity contribution in [3.63, 3.8) is 0 Å². The fourth-order valence-electron chi connectivity index (χ4n) is 1.12. The van der Waals surface area contributed by atoms with E-state index in [2.05, 4.69) is 9.97 Å². The van der Waals surface area contributed by atoms with Crippen molar-refractivity contribution in [3.8, 4) is 0 Å². The number of hydrogen-bond acceptors (Lipinski definition) is 4. The fourth-order valence-corrected chi connectivity index (χ4v) is 1.38. The monoisotopic (exact) mass is 209 g/mol. The Labute approximate surface area is 83.5 Å². The number of pyridine rings is 2. The molecule has 2 rings (SSSR count). The number of aromatic nitrogens is 2. The van der Waals surface area contributed by atoms with Crippen molar-refractivity contribution in [3.05, 3.63) is 39.7 Å². The van der Waals surface area contributed by atoms with E-state index >= 15 is 0 Å². The van der Waals surface area contributed by atoms with Crippen molar-refractivity contribution in [2.75, 3.05) is 0 Å². The van der Waals surface area contributed by atoms with E-state index in [1.165, 1.54) is 0 Å². The number of fused-ring (bicyclic) bond motifs is 1. The third kappa shape index (κ3) is 1.27. The molecular weight excluding hydrogens is 206 g/mol. The van der Waals surface area contributed by atoms with E-state index in [0.29, 0.717) is 11.0 Å². The van der Waals surface area contributed by atoms with Gasteiger partial charge in [0, 0.05) is 11.6 Å². The van der Waals surface area contributed by atoms with Crippen LogP contribution in [0.25, 0.3) is 11.0 Å². The molecule has 2 aromatic heterocycles. The molecule has 2 aromatic rings. The van der Waals surface area contributed by atoms with Gasteiger partial charge in [-0.25, -0.2) is 9.97 Å². The summed E-state index contributed by atoms with van der Waals surface area (Å²) in [5.74, 6) is 0. The maximum absolute atomic E-state index is 10.5. The zero-order valence-electron chi connectivity index (χ0n) is 6.85. The summed E-state index contributed by atoms with van der Waals surface area (Å²) in [6.07, 6.45) is 2.66. The first-order valence-electron chi connectivity index (χ1n) is 3.74. The van der Waals surface area contributed by atoms with E-state index in [1.54, 1.807) is 18.3 Å². The maximum Gasteiger partial charge on any atom is 0.306 e. The van der Waals surface area contributed by atoms with Crippen LogP contribution in [0, 0.1) is 10.1 Å². The number of halogens is 1. The standard InChI is InChI=1S/C8H4ClN3O2/c9-7-5-2-1-3-10-8(5)11-4-6(7)12(13)14/h1-4H. The number of hydrogen-bond donors (Lipinski definition) is 0. The molecule has 2 heterocycles. The van der Waals surface area contributed by atoms with Gasteiger partial charge in [0.1, 0.15) is 11.2 Å². The predicted molar refractivity (Wildman–Crippen MR) is 51.2 cm³/mol. The largest absolute Gasteiger partial charge is 0.306 e. The average Bonchev–Trinajstić information content (AvgIpc) is 2.18. The highest BCUT2D eigenvalue weighted by Crippen LogP contribution is 2.29. The van der Waals surface area contributed by atoms with Crippen molar-refractivity contribution < 1.29 is 4.92 Å². The molecule has 70 valence electrons. The lowest BCUT2D eigenvalue weighted by Gasteiger charge is -1.98. The lowest BCUT2D eigenvalue weighted by molar-refractivity contribution is -0.384. The van der Waals surface area contributed by atoms with Gasteiger partial charge in [-0.2, -0.15) is 0 Å². The molecule has 6 heteroatoms. The summed E-state index contributed by atoms with van der Waals surface area (Å²) in [6, 6.07) is 3.30. The minimum atomic E-state index is -0.568. The smallest absolute Gasteiger partial charge is 0.258 e.